The molecule has 0 bridgehead atoms. The van der Waals surface area contributed by atoms with Gasteiger partial charge >= 0.3 is 0 Å². The van der Waals surface area contributed by atoms with Gasteiger partial charge in [0, 0.05) is 17.5 Å². The molecule has 2 rings (SSSR count). The molecule has 2 unspecified atom stereocenters. The van der Waals surface area contributed by atoms with E-state index in [1.54, 1.807) is 0 Å². The van der Waals surface area contributed by atoms with Crippen LogP contribution < -0.4 is 16.6 Å². The molecule has 0 radical (unpaired) electrons. The maximum absolute atomic E-state index is 13.5. The van der Waals surface area contributed by atoms with Crippen molar-refractivity contribution in [1.29, 1.82) is 0 Å². The van der Waals surface area contributed by atoms with Crippen LogP contribution in [0, 0.1) is 17.0 Å². The lowest BCUT2D eigenvalue weighted by atomic mass is 9.64. The molecule has 5 nitrogen and oxygen atoms in total. The maximum Gasteiger partial charge on any atom is 0.178 e. The summed E-state index contributed by atoms with van der Waals surface area (Å²) in [6, 6.07) is 0.595. The summed E-state index contributed by atoms with van der Waals surface area (Å²) in [6.45, 7) is 3.73. The van der Waals surface area contributed by atoms with E-state index >= 15 is 0 Å². The Kier molecular flexibility index (Phi) is 3.12. The van der Waals surface area contributed by atoms with E-state index in [9.17, 15) is 13.9 Å². The fourth-order valence-electron chi connectivity index (χ4n) is 1.98. The molecule has 7 heteroatoms. The number of aliphatic hydroxyl groups is 1. The summed E-state index contributed by atoms with van der Waals surface area (Å²) in [7, 11) is 0. The van der Waals surface area contributed by atoms with E-state index < -0.39 is 17.7 Å². The van der Waals surface area contributed by atoms with E-state index in [-0.39, 0.29) is 23.1 Å². The summed E-state index contributed by atoms with van der Waals surface area (Å²) in [5, 5.41) is 12.5. The Bertz CT molecular complexity index is 467. The van der Waals surface area contributed by atoms with Crippen molar-refractivity contribution in [3.05, 3.63) is 17.7 Å². The molecule has 100 valence electrons. The Balaban J connectivity index is 2.20. The highest BCUT2D eigenvalue weighted by atomic mass is 19.1. The highest BCUT2D eigenvalue weighted by molar-refractivity contribution is 5.48. The summed E-state index contributed by atoms with van der Waals surface area (Å²) in [6.07, 6.45) is 0.0577. The molecule has 0 amide bonds. The van der Waals surface area contributed by atoms with Gasteiger partial charge in [0.2, 0.25) is 0 Å². The van der Waals surface area contributed by atoms with Crippen LogP contribution >= 0.6 is 0 Å². The number of nitrogens with one attached hydrogen (secondary N) is 2. The minimum atomic E-state index is -0.853. The number of nitrogens with two attached hydrogens (primary N) is 1. The number of pyridine rings is 1. The Morgan fingerprint density at radius 3 is 2.50 bits per heavy atom. The van der Waals surface area contributed by atoms with Crippen molar-refractivity contribution in [2.45, 2.75) is 32.4 Å². The van der Waals surface area contributed by atoms with E-state index in [0.717, 1.165) is 0 Å². The SMILES string of the molecule is CC1(C)C(O)CC1Nc1nc(NN)c(F)cc1F. The molecule has 1 saturated carbocycles. The fraction of sp³-hybridized carbons (Fsp3) is 0.545. The molecule has 1 fully saturated rings. The average Bonchev–Trinajstić information content (AvgIpc) is 2.31. The lowest BCUT2D eigenvalue weighted by Gasteiger charge is -2.49. The highest BCUT2D eigenvalue weighted by Gasteiger charge is 2.47. The third kappa shape index (κ3) is 1.99. The number of anilines is 2. The van der Waals surface area contributed by atoms with E-state index in [1.807, 2.05) is 13.8 Å². The molecule has 1 aliphatic rings. The second kappa shape index (κ2) is 4.33. The maximum atomic E-state index is 13.5. The largest absolute Gasteiger partial charge is 0.392 e. The second-order valence-corrected chi connectivity index (χ2v) is 5.06. The van der Waals surface area contributed by atoms with Crippen LogP contribution in [0.15, 0.2) is 6.07 Å². The Hall–Kier alpha value is -1.47. The quantitative estimate of drug-likeness (QED) is 0.484. The monoisotopic (exact) mass is 258 g/mol. The summed E-state index contributed by atoms with van der Waals surface area (Å²) < 4.78 is 26.7. The van der Waals surface area contributed by atoms with E-state index in [1.165, 1.54) is 0 Å². The first-order chi connectivity index (χ1) is 8.36. The number of hydrazine groups is 1. The molecular formula is C11H16F2N4O. The zero-order valence-corrected chi connectivity index (χ0v) is 10.2. The van der Waals surface area contributed by atoms with E-state index in [4.69, 9.17) is 5.84 Å². The molecule has 0 aliphatic heterocycles. The fourth-order valence-corrected chi connectivity index (χ4v) is 1.98. The molecule has 5 N–H and O–H groups in total. The summed E-state index contributed by atoms with van der Waals surface area (Å²) in [5.74, 6) is 3.14. The van der Waals surface area contributed by atoms with Gasteiger partial charge in [-0.25, -0.2) is 19.6 Å². The van der Waals surface area contributed by atoms with Crippen LogP contribution in [0.3, 0.4) is 0 Å². The van der Waals surface area contributed by atoms with Crippen molar-refractivity contribution in [3.63, 3.8) is 0 Å². The van der Waals surface area contributed by atoms with Crippen molar-refractivity contribution in [3.8, 4) is 0 Å². The molecule has 0 spiro atoms. The van der Waals surface area contributed by atoms with Gasteiger partial charge < -0.3 is 15.8 Å². The van der Waals surface area contributed by atoms with Crippen molar-refractivity contribution in [2.75, 3.05) is 10.7 Å². The van der Waals surface area contributed by atoms with Crippen LogP contribution in [-0.4, -0.2) is 22.2 Å². The van der Waals surface area contributed by atoms with Crippen LogP contribution in [0.25, 0.3) is 0 Å². The second-order valence-electron chi connectivity index (χ2n) is 5.06. The molecule has 0 saturated heterocycles. The molecule has 18 heavy (non-hydrogen) atoms. The molecule has 1 aromatic rings. The molecule has 1 aliphatic carbocycles. The zero-order valence-electron chi connectivity index (χ0n) is 10.2. The zero-order chi connectivity index (χ0) is 13.5. The molecule has 2 atom stereocenters. The number of nitrogens with zero attached hydrogens (tertiary/aromatic N) is 1. The predicted octanol–water partition coefficient (Wildman–Crippen LogP) is 1.22. The van der Waals surface area contributed by atoms with Crippen molar-refractivity contribution >= 4 is 11.6 Å². The smallest absolute Gasteiger partial charge is 0.178 e. The van der Waals surface area contributed by atoms with Crippen LogP contribution in [-0.2, 0) is 0 Å². The minimum absolute atomic E-state index is 0.0747. The topological polar surface area (TPSA) is 83.2 Å². The first kappa shape index (κ1) is 13.0. The van der Waals surface area contributed by atoms with Gasteiger partial charge in [-0.15, -0.1) is 0 Å². The molecule has 1 aromatic heterocycles. The third-order valence-electron chi connectivity index (χ3n) is 3.59. The highest BCUT2D eigenvalue weighted by Crippen LogP contribution is 2.42. The number of hydrogen-bond acceptors (Lipinski definition) is 5. The molecule has 1 heterocycles. The predicted molar refractivity (Wildman–Crippen MR) is 63.8 cm³/mol. The van der Waals surface area contributed by atoms with Crippen molar-refractivity contribution in [1.82, 2.24) is 4.98 Å². The molecule has 0 aromatic carbocycles. The van der Waals surface area contributed by atoms with Gasteiger partial charge in [0.15, 0.2) is 23.3 Å². The number of rotatable bonds is 3. The van der Waals surface area contributed by atoms with Gasteiger partial charge in [0.05, 0.1) is 6.10 Å². The molecular weight excluding hydrogens is 242 g/mol. The van der Waals surface area contributed by atoms with Gasteiger partial charge in [-0.3, -0.25) is 0 Å². The van der Waals surface area contributed by atoms with Crippen LogP contribution in [0.1, 0.15) is 20.3 Å². The Labute approximate surface area is 103 Å². The van der Waals surface area contributed by atoms with Gasteiger partial charge in [-0.1, -0.05) is 13.8 Å². The number of nitrogen functional groups attached to an aromatic ring is 1. The Morgan fingerprint density at radius 2 is 2.00 bits per heavy atom. The first-order valence-corrected chi connectivity index (χ1v) is 5.63. The van der Waals surface area contributed by atoms with Crippen LogP contribution in [0.5, 0.6) is 0 Å². The van der Waals surface area contributed by atoms with Gasteiger partial charge in [0.25, 0.3) is 0 Å². The number of hydrogen-bond donors (Lipinski definition) is 4. The average molecular weight is 258 g/mol. The Morgan fingerprint density at radius 1 is 1.39 bits per heavy atom. The van der Waals surface area contributed by atoms with Crippen molar-refractivity contribution < 1.29 is 13.9 Å². The normalized spacial score (nSPS) is 25.4. The van der Waals surface area contributed by atoms with Gasteiger partial charge in [-0.05, 0) is 6.42 Å². The summed E-state index contributed by atoms with van der Waals surface area (Å²) in [4.78, 5) is 3.72. The lowest BCUT2D eigenvalue weighted by Crippen LogP contribution is -2.57. The number of aromatic nitrogens is 1. The lowest BCUT2D eigenvalue weighted by molar-refractivity contribution is -0.0512. The van der Waals surface area contributed by atoms with Crippen molar-refractivity contribution in [2.24, 2.45) is 11.3 Å². The van der Waals surface area contributed by atoms with Gasteiger partial charge in [0.1, 0.15) is 0 Å². The summed E-state index contributed by atoms with van der Waals surface area (Å²) >= 11 is 0. The van der Waals surface area contributed by atoms with E-state index in [2.05, 4.69) is 15.7 Å². The number of halogens is 2. The van der Waals surface area contributed by atoms with Crippen LogP contribution in [0.4, 0.5) is 20.4 Å². The van der Waals surface area contributed by atoms with E-state index in [0.29, 0.717) is 12.5 Å². The first-order valence-electron chi connectivity index (χ1n) is 5.63. The van der Waals surface area contributed by atoms with Gasteiger partial charge in [-0.2, -0.15) is 0 Å². The summed E-state index contributed by atoms with van der Waals surface area (Å²) in [5.41, 5.74) is 1.68. The minimum Gasteiger partial charge on any atom is -0.392 e. The van der Waals surface area contributed by atoms with Crippen LogP contribution in [0.2, 0.25) is 0 Å². The third-order valence-corrected chi connectivity index (χ3v) is 3.59. The number of aliphatic hydroxyl groups excluding tert-OH is 1. The standard InChI is InChI=1S/C11H16F2N4O/c1-11(2)7(4-8(11)18)15-9-5(12)3-6(13)10(16-9)17-14/h3,7-8,18H,4,14H2,1-2H3,(H2,15,16,17).